The third-order valence-corrected chi connectivity index (χ3v) is 4.49. The molecule has 7 heteroatoms. The maximum absolute atomic E-state index is 10.9. The van der Waals surface area contributed by atoms with Crippen molar-refractivity contribution in [1.29, 1.82) is 0 Å². The number of hydrogen-bond donors (Lipinski definition) is 3. The molecule has 4 rings (SSSR count). The summed E-state index contributed by atoms with van der Waals surface area (Å²) < 4.78 is 2.18. The number of pyridine rings is 1. The minimum absolute atomic E-state index is 0.0113. The molecule has 3 aromatic rings. The Morgan fingerprint density at radius 3 is 3.18 bits per heavy atom. The van der Waals surface area contributed by atoms with Gasteiger partial charge in [-0.05, 0) is 31.7 Å². The van der Waals surface area contributed by atoms with E-state index in [4.69, 9.17) is 5.11 Å². The molecule has 1 aliphatic rings. The van der Waals surface area contributed by atoms with Crippen molar-refractivity contribution < 1.29 is 9.90 Å². The number of rotatable bonds is 2. The fraction of sp³-hybridized carbons (Fsp3) is 0.400. The van der Waals surface area contributed by atoms with Crippen molar-refractivity contribution >= 4 is 28.2 Å². The predicted molar refractivity (Wildman–Crippen MR) is 81.8 cm³/mol. The third-order valence-electron chi connectivity index (χ3n) is 4.49. The van der Waals surface area contributed by atoms with Gasteiger partial charge >= 0.3 is 6.09 Å². The monoisotopic (exact) mass is 299 g/mol. The zero-order chi connectivity index (χ0) is 15.1. The van der Waals surface area contributed by atoms with E-state index in [9.17, 15) is 4.79 Å². The van der Waals surface area contributed by atoms with Crippen LogP contribution in [0.2, 0.25) is 0 Å². The summed E-state index contributed by atoms with van der Waals surface area (Å²) in [7, 11) is 0. The lowest BCUT2D eigenvalue weighted by atomic mass is 9.90. The van der Waals surface area contributed by atoms with Crippen molar-refractivity contribution in [2.24, 2.45) is 0 Å². The fourth-order valence-electron chi connectivity index (χ4n) is 3.53. The number of carbonyl (C=O) groups is 1. The summed E-state index contributed by atoms with van der Waals surface area (Å²) >= 11 is 0. The predicted octanol–water partition coefficient (Wildman–Crippen LogP) is 2.66. The number of amides is 1. The number of H-pyrrole nitrogens is 1. The molecule has 1 saturated carbocycles. The highest BCUT2D eigenvalue weighted by Crippen LogP contribution is 2.33. The summed E-state index contributed by atoms with van der Waals surface area (Å²) in [5, 5.41) is 12.6. The van der Waals surface area contributed by atoms with Gasteiger partial charge in [-0.2, -0.15) is 0 Å². The Morgan fingerprint density at radius 1 is 1.41 bits per heavy atom. The number of imidazole rings is 1. The molecule has 114 valence electrons. The standard InChI is InChI=1S/C15H17N5O2/c21-15(22)19-9-2-1-3-10(6-9)20-8-18-12-7-17-14-11(13(12)20)4-5-16-14/h4-5,7-10,19H,1-3,6H2,(H,16,17)(H,21,22). The van der Waals surface area contributed by atoms with Crippen molar-refractivity contribution in [2.75, 3.05) is 0 Å². The Kier molecular flexibility index (Phi) is 2.99. The van der Waals surface area contributed by atoms with E-state index in [1.165, 1.54) is 0 Å². The molecule has 2 atom stereocenters. The molecular weight excluding hydrogens is 282 g/mol. The van der Waals surface area contributed by atoms with Gasteiger partial charge in [0.1, 0.15) is 11.2 Å². The summed E-state index contributed by atoms with van der Waals surface area (Å²) in [6.45, 7) is 0. The summed E-state index contributed by atoms with van der Waals surface area (Å²) in [5.41, 5.74) is 2.80. The molecule has 3 aromatic heterocycles. The molecule has 0 aliphatic heterocycles. The van der Waals surface area contributed by atoms with Gasteiger partial charge in [-0.3, -0.25) is 0 Å². The van der Waals surface area contributed by atoms with E-state index >= 15 is 0 Å². The van der Waals surface area contributed by atoms with Crippen LogP contribution in [0, 0.1) is 0 Å². The van der Waals surface area contributed by atoms with Crippen molar-refractivity contribution in [3.8, 4) is 0 Å². The van der Waals surface area contributed by atoms with Crippen LogP contribution in [0.5, 0.6) is 0 Å². The molecule has 1 fully saturated rings. The van der Waals surface area contributed by atoms with Crippen LogP contribution < -0.4 is 5.32 Å². The average Bonchev–Trinajstić information content (AvgIpc) is 3.12. The summed E-state index contributed by atoms with van der Waals surface area (Å²) in [4.78, 5) is 22.8. The van der Waals surface area contributed by atoms with E-state index in [1.807, 2.05) is 18.6 Å². The van der Waals surface area contributed by atoms with Gasteiger partial charge in [0.25, 0.3) is 0 Å². The lowest BCUT2D eigenvalue weighted by Gasteiger charge is -2.30. The van der Waals surface area contributed by atoms with Gasteiger partial charge in [-0.1, -0.05) is 0 Å². The highest BCUT2D eigenvalue weighted by Gasteiger charge is 2.26. The van der Waals surface area contributed by atoms with E-state index in [-0.39, 0.29) is 12.1 Å². The molecule has 0 spiro atoms. The van der Waals surface area contributed by atoms with Crippen molar-refractivity contribution in [2.45, 2.75) is 37.8 Å². The SMILES string of the molecule is O=C(O)NC1CCCC(n2cnc3cnc4[nH]ccc4c32)C1. The largest absolute Gasteiger partial charge is 0.465 e. The van der Waals surface area contributed by atoms with Gasteiger partial charge in [-0.25, -0.2) is 14.8 Å². The second kappa shape index (κ2) is 5.01. The van der Waals surface area contributed by atoms with Crippen LogP contribution in [0.3, 0.4) is 0 Å². The van der Waals surface area contributed by atoms with Crippen LogP contribution in [0.25, 0.3) is 22.1 Å². The van der Waals surface area contributed by atoms with Crippen LogP contribution in [-0.2, 0) is 0 Å². The number of fused-ring (bicyclic) bond motifs is 3. The van der Waals surface area contributed by atoms with Gasteiger partial charge in [-0.15, -0.1) is 0 Å². The summed E-state index contributed by atoms with van der Waals surface area (Å²) in [6, 6.07) is 2.28. The van der Waals surface area contributed by atoms with Gasteiger partial charge in [0.15, 0.2) is 0 Å². The van der Waals surface area contributed by atoms with Gasteiger partial charge < -0.3 is 20.0 Å². The first-order valence-electron chi connectivity index (χ1n) is 7.50. The molecule has 0 radical (unpaired) electrons. The van der Waals surface area contributed by atoms with Crippen molar-refractivity contribution in [1.82, 2.24) is 24.8 Å². The fourth-order valence-corrected chi connectivity index (χ4v) is 3.53. The molecule has 1 amide bonds. The Labute approximate surface area is 126 Å². The van der Waals surface area contributed by atoms with Gasteiger partial charge in [0.2, 0.25) is 0 Å². The van der Waals surface area contributed by atoms with Crippen LogP contribution in [0.4, 0.5) is 4.79 Å². The van der Waals surface area contributed by atoms with E-state index < -0.39 is 6.09 Å². The third kappa shape index (κ3) is 2.09. The first-order valence-corrected chi connectivity index (χ1v) is 7.50. The Morgan fingerprint density at radius 2 is 2.32 bits per heavy atom. The first-order chi connectivity index (χ1) is 10.7. The number of hydrogen-bond acceptors (Lipinski definition) is 3. The summed E-state index contributed by atoms with van der Waals surface area (Å²) in [6.07, 6.45) is 8.31. The van der Waals surface area contributed by atoms with E-state index in [1.54, 1.807) is 6.20 Å². The Hall–Kier alpha value is -2.57. The van der Waals surface area contributed by atoms with E-state index in [0.29, 0.717) is 0 Å². The topological polar surface area (TPSA) is 95.8 Å². The maximum atomic E-state index is 10.9. The maximum Gasteiger partial charge on any atom is 0.404 e. The average molecular weight is 299 g/mol. The lowest BCUT2D eigenvalue weighted by Crippen LogP contribution is -2.37. The number of aromatic amines is 1. The van der Waals surface area contributed by atoms with Gasteiger partial charge in [0, 0.05) is 23.7 Å². The van der Waals surface area contributed by atoms with Crippen molar-refractivity contribution in [3.63, 3.8) is 0 Å². The Bertz CT molecular complexity index is 837. The summed E-state index contributed by atoms with van der Waals surface area (Å²) in [5.74, 6) is 0. The molecular formula is C15H17N5O2. The Balaban J connectivity index is 1.74. The number of nitrogens with one attached hydrogen (secondary N) is 2. The van der Waals surface area contributed by atoms with E-state index in [0.717, 1.165) is 47.8 Å². The van der Waals surface area contributed by atoms with Crippen LogP contribution in [0.1, 0.15) is 31.7 Å². The molecule has 0 saturated heterocycles. The minimum atomic E-state index is -0.946. The molecule has 7 nitrogen and oxygen atoms in total. The van der Waals surface area contributed by atoms with Crippen molar-refractivity contribution in [3.05, 3.63) is 24.8 Å². The highest BCUT2D eigenvalue weighted by atomic mass is 16.4. The zero-order valence-corrected chi connectivity index (χ0v) is 12.0. The van der Waals surface area contributed by atoms with Crippen LogP contribution in [-0.4, -0.2) is 36.8 Å². The molecule has 0 bridgehead atoms. The second-order valence-electron chi connectivity index (χ2n) is 5.85. The molecule has 22 heavy (non-hydrogen) atoms. The van der Waals surface area contributed by atoms with Crippen LogP contribution >= 0.6 is 0 Å². The highest BCUT2D eigenvalue weighted by molar-refractivity contribution is 6.00. The zero-order valence-electron chi connectivity index (χ0n) is 12.0. The molecule has 0 aromatic carbocycles. The second-order valence-corrected chi connectivity index (χ2v) is 5.85. The minimum Gasteiger partial charge on any atom is -0.465 e. The molecule has 3 heterocycles. The smallest absolute Gasteiger partial charge is 0.404 e. The molecule has 2 unspecified atom stereocenters. The number of carboxylic acid groups (broad SMARTS) is 1. The number of aromatic nitrogens is 4. The van der Waals surface area contributed by atoms with E-state index in [2.05, 4.69) is 24.8 Å². The lowest BCUT2D eigenvalue weighted by molar-refractivity contribution is 0.182. The number of nitrogens with zero attached hydrogens (tertiary/aromatic N) is 3. The molecule has 1 aliphatic carbocycles. The molecule has 3 N–H and O–H groups in total. The quantitative estimate of drug-likeness (QED) is 0.678. The van der Waals surface area contributed by atoms with Gasteiger partial charge in [0.05, 0.1) is 18.0 Å². The normalized spacial score (nSPS) is 22.2. The van der Waals surface area contributed by atoms with Crippen LogP contribution in [0.15, 0.2) is 24.8 Å². The first kappa shape index (κ1) is 13.1.